The van der Waals surface area contributed by atoms with Crippen LogP contribution in [0.4, 0.5) is 5.69 Å². The van der Waals surface area contributed by atoms with Gasteiger partial charge < -0.3 is 10.6 Å². The molecule has 6 nitrogen and oxygen atoms in total. The fraction of sp³-hybridized carbons (Fsp3) is 0.231. The maximum absolute atomic E-state index is 12.0. The van der Waals surface area contributed by atoms with Crippen LogP contribution < -0.4 is 10.6 Å². The van der Waals surface area contributed by atoms with E-state index in [9.17, 15) is 14.4 Å². The fourth-order valence-corrected chi connectivity index (χ4v) is 3.02. The molecule has 0 saturated carbocycles. The molecule has 1 aromatic carbocycles. The lowest BCUT2D eigenvalue weighted by Crippen LogP contribution is -2.25. The van der Waals surface area contributed by atoms with Crippen molar-refractivity contribution < 1.29 is 14.4 Å². The van der Waals surface area contributed by atoms with Crippen LogP contribution >= 0.6 is 35.0 Å². The summed E-state index contributed by atoms with van der Waals surface area (Å²) in [5.41, 5.74) is 0.373. The van der Waals surface area contributed by atoms with Gasteiger partial charge in [-0.3, -0.25) is 14.4 Å². The molecular weight excluding hydrogens is 349 g/mol. The van der Waals surface area contributed by atoms with Crippen molar-refractivity contribution in [1.82, 2.24) is 5.32 Å². The lowest BCUT2D eigenvalue weighted by atomic mass is 10.2. The minimum Gasteiger partial charge on any atom is -0.325 e. The first kappa shape index (κ1) is 16.8. The molecule has 22 heavy (non-hydrogen) atoms. The molecule has 3 amide bonds. The highest BCUT2D eigenvalue weighted by Gasteiger charge is 2.31. The van der Waals surface area contributed by atoms with Crippen molar-refractivity contribution in [3.63, 3.8) is 0 Å². The molecule has 9 heteroatoms. The summed E-state index contributed by atoms with van der Waals surface area (Å²) in [7, 11) is 0. The number of aliphatic imine (C=N–C) groups is 1. The first-order chi connectivity index (χ1) is 10.3. The van der Waals surface area contributed by atoms with Gasteiger partial charge in [0, 0.05) is 18.4 Å². The summed E-state index contributed by atoms with van der Waals surface area (Å²) < 4.78 is 0. The van der Waals surface area contributed by atoms with Crippen LogP contribution in [-0.4, -0.2) is 28.1 Å². The number of carbonyl (C=O) groups is 3. The van der Waals surface area contributed by atoms with Gasteiger partial charge in [-0.1, -0.05) is 35.0 Å². The van der Waals surface area contributed by atoms with Crippen LogP contribution in [0.5, 0.6) is 0 Å². The minimum atomic E-state index is -0.667. The zero-order valence-corrected chi connectivity index (χ0v) is 13.7. The third-order valence-corrected chi connectivity index (χ3v) is 4.23. The minimum absolute atomic E-state index is 0.0844. The van der Waals surface area contributed by atoms with E-state index in [1.807, 2.05) is 0 Å². The molecule has 1 unspecified atom stereocenters. The van der Waals surface area contributed by atoms with Crippen LogP contribution in [0.15, 0.2) is 23.2 Å². The number of halogens is 2. The van der Waals surface area contributed by atoms with Crippen LogP contribution in [-0.2, 0) is 14.4 Å². The molecule has 0 spiro atoms. The van der Waals surface area contributed by atoms with Crippen LogP contribution in [0.1, 0.15) is 13.3 Å². The molecule has 1 aliphatic rings. The van der Waals surface area contributed by atoms with E-state index in [-0.39, 0.29) is 17.5 Å². The summed E-state index contributed by atoms with van der Waals surface area (Å²) in [6.45, 7) is 1.31. The average molecular weight is 360 g/mol. The van der Waals surface area contributed by atoms with Gasteiger partial charge in [-0.15, -0.1) is 0 Å². The highest BCUT2D eigenvalue weighted by atomic mass is 35.5. The van der Waals surface area contributed by atoms with Crippen molar-refractivity contribution >= 4 is 63.5 Å². The standard InChI is InChI=1S/C13H11Cl2N3O3S/c1-6(19)16-13-18-12(21)10(22-13)5-11(20)17-9-4-7(14)2-3-8(9)15/h2-4,10H,5H2,1H3,(H,17,20)(H,16,18,19,21). The zero-order valence-electron chi connectivity index (χ0n) is 11.4. The predicted octanol–water partition coefficient (Wildman–Crippen LogP) is 2.46. The van der Waals surface area contributed by atoms with Crippen molar-refractivity contribution in [2.75, 3.05) is 5.32 Å². The maximum atomic E-state index is 12.0. The Labute approximate surface area is 140 Å². The first-order valence-corrected chi connectivity index (χ1v) is 7.80. The van der Waals surface area contributed by atoms with Crippen molar-refractivity contribution in [3.05, 3.63) is 28.2 Å². The van der Waals surface area contributed by atoms with Gasteiger partial charge in [0.15, 0.2) is 5.17 Å². The first-order valence-electron chi connectivity index (χ1n) is 6.17. The van der Waals surface area contributed by atoms with E-state index < -0.39 is 17.1 Å². The number of benzene rings is 1. The molecule has 1 aliphatic heterocycles. The average Bonchev–Trinajstić information content (AvgIpc) is 2.73. The van der Waals surface area contributed by atoms with Gasteiger partial charge in [-0.05, 0) is 18.2 Å². The van der Waals surface area contributed by atoms with Gasteiger partial charge in [0.1, 0.15) is 5.25 Å². The Kier molecular flexibility index (Phi) is 5.44. The summed E-state index contributed by atoms with van der Waals surface area (Å²) >= 11 is 12.8. The maximum Gasteiger partial charge on any atom is 0.262 e. The molecule has 1 aromatic rings. The Morgan fingerprint density at radius 2 is 2.05 bits per heavy atom. The van der Waals surface area contributed by atoms with Crippen molar-refractivity contribution in [2.24, 2.45) is 4.99 Å². The molecule has 1 atom stereocenters. The zero-order chi connectivity index (χ0) is 16.3. The number of nitrogens with zero attached hydrogens (tertiary/aromatic N) is 1. The Morgan fingerprint density at radius 3 is 2.73 bits per heavy atom. The van der Waals surface area contributed by atoms with Gasteiger partial charge >= 0.3 is 0 Å². The van der Waals surface area contributed by atoms with Crippen molar-refractivity contribution in [1.29, 1.82) is 0 Å². The molecule has 0 fully saturated rings. The van der Waals surface area contributed by atoms with E-state index in [4.69, 9.17) is 23.2 Å². The number of hydrogen-bond acceptors (Lipinski definition) is 4. The van der Waals surface area contributed by atoms with Gasteiger partial charge in [-0.25, -0.2) is 0 Å². The quantitative estimate of drug-likeness (QED) is 0.867. The van der Waals surface area contributed by atoms with Crippen molar-refractivity contribution in [2.45, 2.75) is 18.6 Å². The SMILES string of the molecule is CC(=O)NC1=NC(=O)C(CC(=O)Nc2cc(Cl)ccc2Cl)S1. The second-order valence-corrected chi connectivity index (χ2v) is 6.45. The van der Waals surface area contributed by atoms with Gasteiger partial charge in [-0.2, -0.15) is 4.99 Å². The van der Waals surface area contributed by atoms with E-state index in [0.717, 1.165) is 11.8 Å². The highest BCUT2D eigenvalue weighted by molar-refractivity contribution is 8.15. The Bertz CT molecular complexity index is 678. The Balaban J connectivity index is 1.95. The predicted molar refractivity (Wildman–Crippen MR) is 87.3 cm³/mol. The molecule has 0 bridgehead atoms. The molecule has 0 radical (unpaired) electrons. The second-order valence-electron chi connectivity index (χ2n) is 4.42. The summed E-state index contributed by atoms with van der Waals surface area (Å²) in [4.78, 5) is 38.3. The number of anilines is 1. The number of thioether (sulfide) groups is 1. The third-order valence-electron chi connectivity index (χ3n) is 2.60. The lowest BCUT2D eigenvalue weighted by molar-refractivity contribution is -0.121. The van der Waals surface area contributed by atoms with Gasteiger partial charge in [0.2, 0.25) is 11.8 Å². The van der Waals surface area contributed by atoms with Gasteiger partial charge in [0.25, 0.3) is 5.91 Å². The number of hydrogen-bond donors (Lipinski definition) is 2. The number of nitrogens with one attached hydrogen (secondary N) is 2. The Hall–Kier alpha value is -1.57. The van der Waals surface area contributed by atoms with E-state index >= 15 is 0 Å². The molecular formula is C13H11Cl2N3O3S. The molecule has 2 rings (SSSR count). The van der Waals surface area contributed by atoms with E-state index in [1.54, 1.807) is 12.1 Å². The number of carbonyl (C=O) groups excluding carboxylic acids is 3. The number of rotatable bonds is 3. The molecule has 1 heterocycles. The summed E-state index contributed by atoms with van der Waals surface area (Å²) in [6, 6.07) is 4.68. The Morgan fingerprint density at radius 1 is 1.32 bits per heavy atom. The normalized spacial score (nSPS) is 17.1. The number of amidine groups is 1. The summed E-state index contributed by atoms with van der Waals surface area (Å²) in [6.07, 6.45) is -0.0844. The highest BCUT2D eigenvalue weighted by Crippen LogP contribution is 2.27. The smallest absolute Gasteiger partial charge is 0.262 e. The van der Waals surface area contributed by atoms with Crippen molar-refractivity contribution in [3.8, 4) is 0 Å². The second kappa shape index (κ2) is 7.13. The largest absolute Gasteiger partial charge is 0.325 e. The molecule has 0 saturated heterocycles. The van der Waals surface area contributed by atoms with E-state index in [1.165, 1.54) is 13.0 Å². The molecule has 0 aliphatic carbocycles. The topological polar surface area (TPSA) is 87.6 Å². The van der Waals surface area contributed by atoms with Crippen LogP contribution in [0.2, 0.25) is 10.0 Å². The summed E-state index contributed by atoms with van der Waals surface area (Å²) in [5.74, 6) is -1.18. The van der Waals surface area contributed by atoms with Crippen LogP contribution in [0.3, 0.4) is 0 Å². The molecule has 0 aromatic heterocycles. The molecule has 2 N–H and O–H groups in total. The van der Waals surface area contributed by atoms with E-state index in [2.05, 4.69) is 15.6 Å². The monoisotopic (exact) mass is 359 g/mol. The van der Waals surface area contributed by atoms with Crippen LogP contribution in [0.25, 0.3) is 0 Å². The molecule has 116 valence electrons. The number of amides is 3. The fourth-order valence-electron chi connectivity index (χ4n) is 1.68. The summed E-state index contributed by atoms with van der Waals surface area (Å²) in [5, 5.41) is 5.34. The van der Waals surface area contributed by atoms with Crippen LogP contribution in [0, 0.1) is 0 Å². The third kappa shape index (κ3) is 4.46. The van der Waals surface area contributed by atoms with Gasteiger partial charge in [0.05, 0.1) is 10.7 Å². The van der Waals surface area contributed by atoms with E-state index in [0.29, 0.717) is 15.7 Å². The lowest BCUT2D eigenvalue weighted by Gasteiger charge is -2.10.